The molecule has 0 aliphatic rings. The first kappa shape index (κ1) is 13.7. The molecule has 0 aliphatic carbocycles. The molecule has 5 heteroatoms. The summed E-state index contributed by atoms with van der Waals surface area (Å²) in [7, 11) is -3.28. The van der Waals surface area contributed by atoms with Gasteiger partial charge in [-0.05, 0) is 19.1 Å². The standard InChI is InChI=1S/C9H13NO2S.Li/c1-3-10-13(11,12)9-6-4-8(2)5-7-9;/h4-7,10H,3H2,1-2H3;/q;+1. The second-order valence-corrected chi connectivity index (χ2v) is 4.58. The van der Waals surface area contributed by atoms with Gasteiger partial charge in [0.1, 0.15) is 0 Å². The summed E-state index contributed by atoms with van der Waals surface area (Å²) in [5.41, 5.74) is 1.05. The van der Waals surface area contributed by atoms with E-state index in [-0.39, 0.29) is 18.9 Å². The predicted octanol–water partition coefficient (Wildman–Crippen LogP) is -1.70. The molecule has 0 fully saturated rings. The number of hydrogen-bond donors (Lipinski definition) is 1. The van der Waals surface area contributed by atoms with E-state index in [4.69, 9.17) is 0 Å². The van der Waals surface area contributed by atoms with Crippen LogP contribution in [0.15, 0.2) is 29.2 Å². The van der Waals surface area contributed by atoms with Crippen LogP contribution in [0.2, 0.25) is 0 Å². The van der Waals surface area contributed by atoms with Gasteiger partial charge in [0.2, 0.25) is 10.0 Å². The Labute approximate surface area is 97.1 Å². The van der Waals surface area contributed by atoms with E-state index in [2.05, 4.69) is 4.72 Å². The van der Waals surface area contributed by atoms with E-state index in [1.807, 2.05) is 6.92 Å². The topological polar surface area (TPSA) is 46.2 Å². The Balaban J connectivity index is 0.00000169. The minimum Gasteiger partial charge on any atom is -0.211 e. The van der Waals surface area contributed by atoms with Gasteiger partial charge in [-0.15, -0.1) is 0 Å². The Hall–Kier alpha value is -0.273. The third kappa shape index (κ3) is 3.47. The zero-order valence-electron chi connectivity index (χ0n) is 8.74. The van der Waals surface area contributed by atoms with Gasteiger partial charge in [0.25, 0.3) is 0 Å². The summed E-state index contributed by atoms with van der Waals surface area (Å²) in [6, 6.07) is 6.77. The van der Waals surface area contributed by atoms with Gasteiger partial charge in [-0.1, -0.05) is 24.6 Å². The van der Waals surface area contributed by atoms with Crippen molar-refractivity contribution >= 4 is 10.0 Å². The van der Waals surface area contributed by atoms with E-state index in [9.17, 15) is 8.42 Å². The molecule has 0 heterocycles. The minimum absolute atomic E-state index is 0. The molecule has 0 bridgehead atoms. The first-order valence-electron chi connectivity index (χ1n) is 4.12. The van der Waals surface area contributed by atoms with E-state index in [0.29, 0.717) is 11.4 Å². The van der Waals surface area contributed by atoms with Crippen molar-refractivity contribution in [2.24, 2.45) is 0 Å². The quantitative estimate of drug-likeness (QED) is 0.599. The third-order valence-corrected chi connectivity index (χ3v) is 3.23. The summed E-state index contributed by atoms with van der Waals surface area (Å²) in [6.45, 7) is 4.09. The van der Waals surface area contributed by atoms with Crippen molar-refractivity contribution < 1.29 is 27.3 Å². The monoisotopic (exact) mass is 206 g/mol. The Bertz CT molecular complexity index is 372. The fourth-order valence-electron chi connectivity index (χ4n) is 0.991. The molecule has 3 nitrogen and oxygen atoms in total. The molecule has 1 N–H and O–H groups in total. The first-order chi connectivity index (χ1) is 6.06. The van der Waals surface area contributed by atoms with Gasteiger partial charge in [0, 0.05) is 6.54 Å². The summed E-state index contributed by atoms with van der Waals surface area (Å²) >= 11 is 0. The molecule has 0 aliphatic heterocycles. The maximum Gasteiger partial charge on any atom is 1.00 e. The van der Waals surface area contributed by atoms with Crippen LogP contribution in [-0.2, 0) is 10.0 Å². The summed E-state index contributed by atoms with van der Waals surface area (Å²) in [4.78, 5) is 0.319. The number of aryl methyl sites for hydroxylation is 1. The van der Waals surface area contributed by atoms with E-state index in [0.717, 1.165) is 5.56 Å². The number of sulfonamides is 1. The van der Waals surface area contributed by atoms with Crippen molar-refractivity contribution in [2.75, 3.05) is 6.54 Å². The van der Waals surface area contributed by atoms with Crippen molar-refractivity contribution in [3.8, 4) is 0 Å². The third-order valence-electron chi connectivity index (χ3n) is 1.67. The zero-order chi connectivity index (χ0) is 9.90. The van der Waals surface area contributed by atoms with Gasteiger partial charge in [0.05, 0.1) is 4.90 Å². The number of benzene rings is 1. The Morgan fingerprint density at radius 1 is 1.21 bits per heavy atom. The number of rotatable bonds is 3. The average Bonchev–Trinajstić information content (AvgIpc) is 2.05. The minimum atomic E-state index is -3.28. The average molecular weight is 206 g/mol. The van der Waals surface area contributed by atoms with Crippen LogP contribution in [0, 0.1) is 6.92 Å². The summed E-state index contributed by atoms with van der Waals surface area (Å²) < 4.78 is 25.3. The smallest absolute Gasteiger partial charge is 0.211 e. The van der Waals surface area contributed by atoms with Crippen LogP contribution in [0.3, 0.4) is 0 Å². The van der Waals surface area contributed by atoms with Crippen molar-refractivity contribution in [3.63, 3.8) is 0 Å². The van der Waals surface area contributed by atoms with Crippen LogP contribution in [0.1, 0.15) is 12.5 Å². The maximum absolute atomic E-state index is 11.4. The van der Waals surface area contributed by atoms with Gasteiger partial charge < -0.3 is 0 Å². The second-order valence-electron chi connectivity index (χ2n) is 2.81. The largest absolute Gasteiger partial charge is 1.00 e. The van der Waals surface area contributed by atoms with Crippen molar-refractivity contribution in [3.05, 3.63) is 29.8 Å². The Kier molecular flexibility index (Phi) is 5.46. The van der Waals surface area contributed by atoms with Crippen LogP contribution >= 0.6 is 0 Å². The molecular weight excluding hydrogens is 193 g/mol. The van der Waals surface area contributed by atoms with Crippen LogP contribution in [0.25, 0.3) is 0 Å². The molecule has 0 saturated heterocycles. The van der Waals surface area contributed by atoms with Gasteiger partial charge >= 0.3 is 18.9 Å². The van der Waals surface area contributed by atoms with Crippen molar-refractivity contribution in [1.82, 2.24) is 4.72 Å². The van der Waals surface area contributed by atoms with E-state index < -0.39 is 10.0 Å². The molecule has 0 radical (unpaired) electrons. The molecule has 0 spiro atoms. The zero-order valence-corrected chi connectivity index (χ0v) is 9.56. The van der Waals surface area contributed by atoms with Gasteiger partial charge in [0.15, 0.2) is 0 Å². The van der Waals surface area contributed by atoms with E-state index in [1.54, 1.807) is 31.2 Å². The molecule has 0 unspecified atom stereocenters. The van der Waals surface area contributed by atoms with Crippen LogP contribution in [-0.4, -0.2) is 15.0 Å². The summed E-state index contributed by atoms with van der Waals surface area (Å²) in [6.07, 6.45) is 0. The fourth-order valence-corrected chi connectivity index (χ4v) is 2.03. The van der Waals surface area contributed by atoms with Crippen molar-refractivity contribution in [2.45, 2.75) is 18.7 Å². The van der Waals surface area contributed by atoms with E-state index in [1.165, 1.54) is 0 Å². The molecule has 0 saturated carbocycles. The number of nitrogens with one attached hydrogen (secondary N) is 1. The molecule has 0 amide bonds. The molecule has 72 valence electrons. The Morgan fingerprint density at radius 3 is 2.14 bits per heavy atom. The van der Waals surface area contributed by atoms with Crippen LogP contribution < -0.4 is 23.6 Å². The fraction of sp³-hybridized carbons (Fsp3) is 0.333. The normalized spacial score (nSPS) is 10.7. The summed E-state index contributed by atoms with van der Waals surface area (Å²) in [5.74, 6) is 0. The van der Waals surface area contributed by atoms with Gasteiger partial charge in [-0.25, -0.2) is 13.1 Å². The van der Waals surface area contributed by atoms with E-state index >= 15 is 0 Å². The van der Waals surface area contributed by atoms with Crippen molar-refractivity contribution in [1.29, 1.82) is 0 Å². The second kappa shape index (κ2) is 5.57. The molecule has 14 heavy (non-hydrogen) atoms. The van der Waals surface area contributed by atoms with Gasteiger partial charge in [-0.3, -0.25) is 0 Å². The predicted molar refractivity (Wildman–Crippen MR) is 52.0 cm³/mol. The first-order valence-corrected chi connectivity index (χ1v) is 5.61. The van der Waals surface area contributed by atoms with Crippen LogP contribution in [0.4, 0.5) is 0 Å². The molecule has 0 atom stereocenters. The SMILES string of the molecule is CCNS(=O)(=O)c1ccc(C)cc1.[Li+]. The molecular formula is C9H13LiNO2S+. The molecule has 1 aromatic rings. The molecule has 1 rings (SSSR count). The summed E-state index contributed by atoms with van der Waals surface area (Å²) in [5, 5.41) is 0. The van der Waals surface area contributed by atoms with Crippen LogP contribution in [0.5, 0.6) is 0 Å². The Morgan fingerprint density at radius 2 is 1.71 bits per heavy atom. The number of hydrogen-bond acceptors (Lipinski definition) is 2. The maximum atomic E-state index is 11.4. The molecule has 0 aromatic heterocycles. The molecule has 1 aromatic carbocycles. The van der Waals surface area contributed by atoms with Gasteiger partial charge in [-0.2, -0.15) is 0 Å².